The lowest BCUT2D eigenvalue weighted by Crippen LogP contribution is -2.51. The number of carbonyl (C=O) groups is 1. The van der Waals surface area contributed by atoms with Gasteiger partial charge in [0.25, 0.3) is 0 Å². The lowest BCUT2D eigenvalue weighted by Gasteiger charge is -2.34. The van der Waals surface area contributed by atoms with Crippen LogP contribution in [0.2, 0.25) is 0 Å². The van der Waals surface area contributed by atoms with Crippen LogP contribution in [0.5, 0.6) is 11.5 Å². The van der Waals surface area contributed by atoms with Crippen LogP contribution in [0, 0.1) is 0 Å². The second kappa shape index (κ2) is 7.89. The standard InChI is InChI=1S/C16H25N3O3/c1-4-18-7-9-19(10-8-18)16(20)17-12-13-5-6-14(21-2)15(11-13)22-3/h5-6,11H,4,7-10,12H2,1-3H3,(H,17,20). The van der Waals surface area contributed by atoms with Crippen molar-refractivity contribution in [2.45, 2.75) is 13.5 Å². The summed E-state index contributed by atoms with van der Waals surface area (Å²) in [6, 6.07) is 5.65. The van der Waals surface area contributed by atoms with Crippen LogP contribution >= 0.6 is 0 Å². The minimum Gasteiger partial charge on any atom is -0.493 e. The van der Waals surface area contributed by atoms with Crippen molar-refractivity contribution in [2.75, 3.05) is 46.9 Å². The number of methoxy groups -OCH3 is 2. The largest absolute Gasteiger partial charge is 0.493 e. The Morgan fingerprint density at radius 3 is 2.41 bits per heavy atom. The summed E-state index contributed by atoms with van der Waals surface area (Å²) in [6.07, 6.45) is 0. The molecule has 1 aliphatic heterocycles. The third-order valence-corrected chi connectivity index (χ3v) is 4.00. The van der Waals surface area contributed by atoms with Gasteiger partial charge in [0, 0.05) is 32.7 Å². The number of nitrogens with one attached hydrogen (secondary N) is 1. The van der Waals surface area contributed by atoms with Crippen LogP contribution in [0.15, 0.2) is 18.2 Å². The van der Waals surface area contributed by atoms with Crippen LogP contribution in [0.4, 0.5) is 4.79 Å². The zero-order chi connectivity index (χ0) is 15.9. The average Bonchev–Trinajstić information content (AvgIpc) is 2.59. The van der Waals surface area contributed by atoms with Gasteiger partial charge >= 0.3 is 6.03 Å². The van der Waals surface area contributed by atoms with Crippen molar-refractivity contribution in [1.82, 2.24) is 15.1 Å². The number of rotatable bonds is 5. The van der Waals surface area contributed by atoms with Crippen molar-refractivity contribution >= 4 is 6.03 Å². The Morgan fingerprint density at radius 1 is 1.14 bits per heavy atom. The smallest absolute Gasteiger partial charge is 0.317 e. The van der Waals surface area contributed by atoms with Crippen LogP contribution in [0.25, 0.3) is 0 Å². The summed E-state index contributed by atoms with van der Waals surface area (Å²) >= 11 is 0. The van der Waals surface area contributed by atoms with Crippen LogP contribution in [-0.2, 0) is 6.54 Å². The monoisotopic (exact) mass is 307 g/mol. The van der Waals surface area contributed by atoms with E-state index < -0.39 is 0 Å². The lowest BCUT2D eigenvalue weighted by atomic mass is 10.2. The Bertz CT molecular complexity index is 499. The highest BCUT2D eigenvalue weighted by Crippen LogP contribution is 2.27. The van der Waals surface area contributed by atoms with Crippen LogP contribution < -0.4 is 14.8 Å². The molecular formula is C16H25N3O3. The molecule has 0 radical (unpaired) electrons. The molecule has 6 heteroatoms. The molecule has 1 aromatic carbocycles. The molecule has 122 valence electrons. The topological polar surface area (TPSA) is 54.0 Å². The fraction of sp³-hybridized carbons (Fsp3) is 0.562. The van der Waals surface area contributed by atoms with Crippen molar-refractivity contribution < 1.29 is 14.3 Å². The summed E-state index contributed by atoms with van der Waals surface area (Å²) in [7, 11) is 3.21. The Balaban J connectivity index is 1.86. The quantitative estimate of drug-likeness (QED) is 0.897. The molecule has 22 heavy (non-hydrogen) atoms. The molecule has 1 aromatic rings. The summed E-state index contributed by atoms with van der Waals surface area (Å²) in [5, 5.41) is 2.96. The van der Waals surface area contributed by atoms with Gasteiger partial charge in [0.1, 0.15) is 0 Å². The minimum atomic E-state index is -0.00876. The Hall–Kier alpha value is -1.95. The highest BCUT2D eigenvalue weighted by atomic mass is 16.5. The molecule has 0 saturated carbocycles. The van der Waals surface area contributed by atoms with Crippen molar-refractivity contribution in [3.05, 3.63) is 23.8 Å². The van der Waals surface area contributed by atoms with E-state index in [1.165, 1.54) is 0 Å². The lowest BCUT2D eigenvalue weighted by molar-refractivity contribution is 0.142. The molecule has 1 N–H and O–H groups in total. The summed E-state index contributed by atoms with van der Waals surface area (Å²) in [6.45, 7) is 7.12. The maximum Gasteiger partial charge on any atom is 0.317 e. The number of amides is 2. The first-order valence-corrected chi connectivity index (χ1v) is 7.64. The maximum absolute atomic E-state index is 12.2. The molecule has 1 fully saturated rings. The number of likely N-dealkylation sites (N-methyl/N-ethyl adjacent to an activating group) is 1. The Kier molecular flexibility index (Phi) is 5.89. The molecular weight excluding hydrogens is 282 g/mol. The number of hydrogen-bond acceptors (Lipinski definition) is 4. The van der Waals surface area contributed by atoms with Crippen molar-refractivity contribution in [1.29, 1.82) is 0 Å². The third kappa shape index (κ3) is 4.04. The summed E-state index contributed by atoms with van der Waals surface area (Å²) in [5.41, 5.74) is 0.984. The molecule has 1 heterocycles. The van der Waals surface area contributed by atoms with Crippen molar-refractivity contribution in [3.63, 3.8) is 0 Å². The van der Waals surface area contributed by atoms with Gasteiger partial charge in [-0.1, -0.05) is 13.0 Å². The number of piperazine rings is 1. The van der Waals surface area contributed by atoms with E-state index in [9.17, 15) is 4.79 Å². The number of hydrogen-bond donors (Lipinski definition) is 1. The van der Waals surface area contributed by atoms with Gasteiger partial charge in [-0.05, 0) is 24.2 Å². The first kappa shape index (κ1) is 16.4. The molecule has 6 nitrogen and oxygen atoms in total. The summed E-state index contributed by atoms with van der Waals surface area (Å²) in [4.78, 5) is 16.4. The highest BCUT2D eigenvalue weighted by Gasteiger charge is 2.19. The molecule has 0 aliphatic carbocycles. The fourth-order valence-corrected chi connectivity index (χ4v) is 2.55. The molecule has 0 unspecified atom stereocenters. The van der Waals surface area contributed by atoms with Crippen LogP contribution in [0.1, 0.15) is 12.5 Å². The molecule has 2 rings (SSSR count). The second-order valence-electron chi connectivity index (χ2n) is 5.27. The van der Waals surface area contributed by atoms with Crippen molar-refractivity contribution in [2.24, 2.45) is 0 Å². The first-order chi connectivity index (χ1) is 10.7. The molecule has 0 atom stereocenters. The van der Waals surface area contributed by atoms with Gasteiger partial charge in [-0.2, -0.15) is 0 Å². The Labute approximate surface area is 132 Å². The normalized spacial score (nSPS) is 15.5. The fourth-order valence-electron chi connectivity index (χ4n) is 2.55. The van der Waals surface area contributed by atoms with Gasteiger partial charge in [0.2, 0.25) is 0 Å². The van der Waals surface area contributed by atoms with E-state index in [2.05, 4.69) is 17.1 Å². The zero-order valence-electron chi connectivity index (χ0n) is 13.6. The average molecular weight is 307 g/mol. The van der Waals surface area contributed by atoms with E-state index in [1.54, 1.807) is 14.2 Å². The predicted octanol–water partition coefficient (Wildman–Crippen LogP) is 1.55. The highest BCUT2D eigenvalue weighted by molar-refractivity contribution is 5.74. The molecule has 0 bridgehead atoms. The van der Waals surface area contributed by atoms with E-state index in [-0.39, 0.29) is 6.03 Å². The molecule has 1 aliphatic rings. The molecule has 1 saturated heterocycles. The molecule has 2 amide bonds. The van der Waals surface area contributed by atoms with Gasteiger partial charge in [-0.3, -0.25) is 0 Å². The van der Waals surface area contributed by atoms with E-state index in [0.29, 0.717) is 18.0 Å². The maximum atomic E-state index is 12.2. The second-order valence-corrected chi connectivity index (χ2v) is 5.27. The SMILES string of the molecule is CCN1CCN(C(=O)NCc2ccc(OC)c(OC)c2)CC1. The molecule has 0 spiro atoms. The van der Waals surface area contributed by atoms with E-state index in [4.69, 9.17) is 9.47 Å². The van der Waals surface area contributed by atoms with E-state index in [1.807, 2.05) is 23.1 Å². The van der Waals surface area contributed by atoms with Gasteiger partial charge in [-0.15, -0.1) is 0 Å². The van der Waals surface area contributed by atoms with Gasteiger partial charge in [-0.25, -0.2) is 4.79 Å². The number of nitrogens with zero attached hydrogens (tertiary/aromatic N) is 2. The Morgan fingerprint density at radius 2 is 1.82 bits per heavy atom. The third-order valence-electron chi connectivity index (χ3n) is 4.00. The van der Waals surface area contributed by atoms with Crippen LogP contribution in [-0.4, -0.2) is 62.8 Å². The minimum absolute atomic E-state index is 0.00876. The van der Waals surface area contributed by atoms with Gasteiger partial charge in [0.05, 0.1) is 14.2 Å². The van der Waals surface area contributed by atoms with Gasteiger partial charge < -0.3 is 24.6 Å². The summed E-state index contributed by atoms with van der Waals surface area (Å²) < 4.78 is 10.5. The summed E-state index contributed by atoms with van der Waals surface area (Å²) in [5.74, 6) is 1.36. The van der Waals surface area contributed by atoms with Crippen LogP contribution in [0.3, 0.4) is 0 Å². The van der Waals surface area contributed by atoms with E-state index in [0.717, 1.165) is 38.3 Å². The predicted molar refractivity (Wildman–Crippen MR) is 85.5 cm³/mol. The number of carbonyl (C=O) groups excluding carboxylic acids is 1. The molecule has 0 aromatic heterocycles. The van der Waals surface area contributed by atoms with Crippen molar-refractivity contribution in [3.8, 4) is 11.5 Å². The van der Waals surface area contributed by atoms with Gasteiger partial charge in [0.15, 0.2) is 11.5 Å². The zero-order valence-corrected chi connectivity index (χ0v) is 13.6. The number of benzene rings is 1. The number of ether oxygens (including phenoxy) is 2. The first-order valence-electron chi connectivity index (χ1n) is 7.64. The number of urea groups is 1. The van der Waals surface area contributed by atoms with E-state index >= 15 is 0 Å².